The Labute approximate surface area is 69.0 Å². The maximum atomic E-state index is 12.1. The quantitative estimate of drug-likeness (QED) is 0.597. The van der Waals surface area contributed by atoms with Crippen LogP contribution in [0.15, 0.2) is 12.4 Å². The van der Waals surface area contributed by atoms with Crippen LogP contribution in [0.3, 0.4) is 0 Å². The lowest BCUT2D eigenvalue weighted by Crippen LogP contribution is -1.83. The SMILES string of the molecule is CC.Fc1cncc(F)c1Cl. The molecular formula is C7H8ClF2N. The van der Waals surface area contributed by atoms with Crippen LogP contribution in [0.25, 0.3) is 0 Å². The lowest BCUT2D eigenvalue weighted by atomic mass is 10.5. The monoisotopic (exact) mass is 179 g/mol. The van der Waals surface area contributed by atoms with E-state index < -0.39 is 16.7 Å². The van der Waals surface area contributed by atoms with Gasteiger partial charge in [0.2, 0.25) is 0 Å². The van der Waals surface area contributed by atoms with E-state index in [4.69, 9.17) is 11.6 Å². The number of aromatic nitrogens is 1. The molecule has 0 atom stereocenters. The van der Waals surface area contributed by atoms with E-state index in [1.807, 2.05) is 13.8 Å². The number of nitrogens with zero attached hydrogens (tertiary/aromatic N) is 1. The Balaban J connectivity index is 0.000000461. The molecule has 0 fully saturated rings. The van der Waals surface area contributed by atoms with E-state index in [0.717, 1.165) is 12.4 Å². The van der Waals surface area contributed by atoms with Crippen molar-refractivity contribution in [3.05, 3.63) is 29.1 Å². The van der Waals surface area contributed by atoms with E-state index in [1.54, 1.807) is 0 Å². The Bertz CT molecular complexity index is 207. The molecule has 0 aliphatic carbocycles. The molecule has 0 bridgehead atoms. The second kappa shape index (κ2) is 5.02. The first-order chi connectivity index (χ1) is 5.22. The zero-order valence-corrected chi connectivity index (χ0v) is 6.99. The second-order valence-corrected chi connectivity index (χ2v) is 1.80. The van der Waals surface area contributed by atoms with Gasteiger partial charge in [-0.3, -0.25) is 4.98 Å². The summed E-state index contributed by atoms with van der Waals surface area (Å²) in [5.74, 6) is -1.67. The van der Waals surface area contributed by atoms with Crippen LogP contribution in [0.2, 0.25) is 5.02 Å². The third kappa shape index (κ3) is 2.80. The van der Waals surface area contributed by atoms with Gasteiger partial charge in [0, 0.05) is 0 Å². The molecule has 1 nitrogen and oxygen atoms in total. The molecule has 0 spiro atoms. The summed E-state index contributed by atoms with van der Waals surface area (Å²) >= 11 is 5.09. The normalized spacial score (nSPS) is 8.45. The first-order valence-electron chi connectivity index (χ1n) is 3.16. The van der Waals surface area contributed by atoms with Crippen LogP contribution in [0.5, 0.6) is 0 Å². The highest BCUT2D eigenvalue weighted by Crippen LogP contribution is 2.15. The van der Waals surface area contributed by atoms with E-state index in [2.05, 4.69) is 4.98 Å². The van der Waals surface area contributed by atoms with Crippen LogP contribution in [-0.2, 0) is 0 Å². The smallest absolute Gasteiger partial charge is 0.163 e. The molecule has 0 amide bonds. The fraction of sp³-hybridized carbons (Fsp3) is 0.286. The fourth-order valence-electron chi connectivity index (χ4n) is 0.396. The van der Waals surface area contributed by atoms with Gasteiger partial charge in [0.1, 0.15) is 5.02 Å². The van der Waals surface area contributed by atoms with Gasteiger partial charge >= 0.3 is 0 Å². The Morgan fingerprint density at radius 1 is 1.18 bits per heavy atom. The van der Waals surface area contributed by atoms with Gasteiger partial charge in [0.05, 0.1) is 12.4 Å². The van der Waals surface area contributed by atoms with Gasteiger partial charge < -0.3 is 0 Å². The molecule has 0 unspecified atom stereocenters. The lowest BCUT2D eigenvalue weighted by Gasteiger charge is -1.90. The van der Waals surface area contributed by atoms with Crippen molar-refractivity contribution in [1.82, 2.24) is 4.98 Å². The maximum Gasteiger partial charge on any atom is 0.163 e. The predicted octanol–water partition coefficient (Wildman–Crippen LogP) is 3.04. The van der Waals surface area contributed by atoms with Gasteiger partial charge in [-0.1, -0.05) is 25.4 Å². The fourth-order valence-corrected chi connectivity index (χ4v) is 0.493. The van der Waals surface area contributed by atoms with E-state index in [1.165, 1.54) is 0 Å². The van der Waals surface area contributed by atoms with Crippen LogP contribution < -0.4 is 0 Å². The predicted molar refractivity (Wildman–Crippen MR) is 40.5 cm³/mol. The average molecular weight is 180 g/mol. The topological polar surface area (TPSA) is 12.9 Å². The molecule has 0 aromatic carbocycles. The summed E-state index contributed by atoms with van der Waals surface area (Å²) in [4.78, 5) is 3.21. The number of hydrogen-bond acceptors (Lipinski definition) is 1. The van der Waals surface area contributed by atoms with Crippen molar-refractivity contribution in [3.8, 4) is 0 Å². The van der Waals surface area contributed by atoms with Crippen LogP contribution in [0, 0.1) is 11.6 Å². The number of halogens is 3. The Morgan fingerprint density at radius 2 is 1.55 bits per heavy atom. The van der Waals surface area contributed by atoms with Crippen LogP contribution in [0.1, 0.15) is 13.8 Å². The van der Waals surface area contributed by atoms with Crippen molar-refractivity contribution in [1.29, 1.82) is 0 Å². The van der Waals surface area contributed by atoms with Gasteiger partial charge in [0.15, 0.2) is 11.6 Å². The third-order valence-electron chi connectivity index (χ3n) is 0.795. The molecular weight excluding hydrogens is 172 g/mol. The second-order valence-electron chi connectivity index (χ2n) is 1.42. The maximum absolute atomic E-state index is 12.1. The molecule has 62 valence electrons. The first-order valence-corrected chi connectivity index (χ1v) is 3.54. The molecule has 1 heterocycles. The third-order valence-corrected chi connectivity index (χ3v) is 1.16. The molecule has 0 saturated carbocycles. The van der Waals surface area contributed by atoms with E-state index in [-0.39, 0.29) is 0 Å². The summed E-state index contributed by atoms with van der Waals surface area (Å²) in [5, 5.41) is -0.509. The molecule has 1 aromatic rings. The molecule has 0 N–H and O–H groups in total. The molecule has 1 rings (SSSR count). The first kappa shape index (κ1) is 10.3. The number of hydrogen-bond donors (Lipinski definition) is 0. The molecule has 11 heavy (non-hydrogen) atoms. The lowest BCUT2D eigenvalue weighted by molar-refractivity contribution is 0.574. The van der Waals surface area contributed by atoms with Crippen LogP contribution in [-0.4, -0.2) is 4.98 Å². The minimum atomic E-state index is -0.836. The highest BCUT2D eigenvalue weighted by Gasteiger charge is 2.03. The van der Waals surface area contributed by atoms with Crippen molar-refractivity contribution < 1.29 is 8.78 Å². The molecule has 4 heteroatoms. The van der Waals surface area contributed by atoms with Crippen molar-refractivity contribution >= 4 is 11.6 Å². The highest BCUT2D eigenvalue weighted by atomic mass is 35.5. The minimum Gasteiger partial charge on any atom is -0.259 e. The van der Waals surface area contributed by atoms with E-state index >= 15 is 0 Å². The van der Waals surface area contributed by atoms with E-state index in [9.17, 15) is 8.78 Å². The van der Waals surface area contributed by atoms with Crippen LogP contribution >= 0.6 is 11.6 Å². The minimum absolute atomic E-state index is 0.509. The van der Waals surface area contributed by atoms with Gasteiger partial charge in [-0.25, -0.2) is 8.78 Å². The zero-order valence-electron chi connectivity index (χ0n) is 6.24. The Hall–Kier alpha value is -0.700. The molecule has 0 radical (unpaired) electrons. The Kier molecular flexibility index (Phi) is 4.70. The highest BCUT2D eigenvalue weighted by molar-refractivity contribution is 6.30. The van der Waals surface area contributed by atoms with Gasteiger partial charge in [-0.15, -0.1) is 0 Å². The standard InChI is InChI=1S/C5H2ClF2N.C2H6/c6-5-3(7)1-9-2-4(5)8;1-2/h1-2H;1-2H3. The average Bonchev–Trinajstić information content (AvgIpc) is 2.04. The summed E-state index contributed by atoms with van der Waals surface area (Å²) in [6, 6.07) is 0. The zero-order chi connectivity index (χ0) is 8.85. The van der Waals surface area contributed by atoms with Crippen molar-refractivity contribution in [2.75, 3.05) is 0 Å². The molecule has 0 saturated heterocycles. The number of rotatable bonds is 0. The molecule has 0 aliphatic rings. The Morgan fingerprint density at radius 3 is 1.82 bits per heavy atom. The summed E-state index contributed by atoms with van der Waals surface area (Å²) in [6.07, 6.45) is 1.71. The van der Waals surface area contributed by atoms with Crippen molar-refractivity contribution in [2.45, 2.75) is 13.8 Å². The number of pyridine rings is 1. The summed E-state index contributed by atoms with van der Waals surface area (Å²) in [6.45, 7) is 4.00. The van der Waals surface area contributed by atoms with Crippen molar-refractivity contribution in [2.24, 2.45) is 0 Å². The van der Waals surface area contributed by atoms with Crippen LogP contribution in [0.4, 0.5) is 8.78 Å². The van der Waals surface area contributed by atoms with Gasteiger partial charge in [-0.2, -0.15) is 0 Å². The largest absolute Gasteiger partial charge is 0.259 e. The van der Waals surface area contributed by atoms with E-state index in [0.29, 0.717) is 0 Å². The molecule has 1 aromatic heterocycles. The van der Waals surface area contributed by atoms with Gasteiger partial charge in [-0.05, 0) is 0 Å². The summed E-state index contributed by atoms with van der Waals surface area (Å²) < 4.78 is 24.3. The summed E-state index contributed by atoms with van der Waals surface area (Å²) in [7, 11) is 0. The van der Waals surface area contributed by atoms with Gasteiger partial charge in [0.25, 0.3) is 0 Å². The van der Waals surface area contributed by atoms with Crippen molar-refractivity contribution in [3.63, 3.8) is 0 Å². The summed E-state index contributed by atoms with van der Waals surface area (Å²) in [5.41, 5.74) is 0. The molecule has 0 aliphatic heterocycles.